The van der Waals surface area contributed by atoms with Crippen LogP contribution in [0.25, 0.3) is 10.8 Å². The fourth-order valence-corrected chi connectivity index (χ4v) is 2.25. The van der Waals surface area contributed by atoms with Crippen LogP contribution in [0.2, 0.25) is 0 Å². The van der Waals surface area contributed by atoms with Gasteiger partial charge in [-0.1, -0.05) is 36.4 Å². The Morgan fingerprint density at radius 1 is 0.905 bits per heavy atom. The number of benzene rings is 3. The average molecular weight is 272 g/mol. The Bertz CT molecular complexity index is 840. The molecule has 0 heterocycles. The highest BCUT2D eigenvalue weighted by Crippen LogP contribution is 2.20. The van der Waals surface area contributed by atoms with Crippen LogP contribution in [-0.4, -0.2) is 5.91 Å². The normalized spacial score (nSPS) is 10.0. The van der Waals surface area contributed by atoms with Gasteiger partial charge in [-0.15, -0.1) is 0 Å². The van der Waals surface area contributed by atoms with Crippen molar-refractivity contribution in [2.24, 2.45) is 0 Å². The molecule has 100 valence electrons. The molecular weight excluding hydrogens is 260 g/mol. The second-order valence-electron chi connectivity index (χ2n) is 4.67. The van der Waals surface area contributed by atoms with Crippen molar-refractivity contribution < 1.29 is 4.79 Å². The molecule has 0 bridgehead atoms. The zero-order chi connectivity index (χ0) is 14.7. The molecule has 0 saturated carbocycles. The monoisotopic (exact) mass is 272 g/mol. The Kier molecular flexibility index (Phi) is 3.36. The summed E-state index contributed by atoms with van der Waals surface area (Å²) in [5.41, 5.74) is 1.88. The summed E-state index contributed by atoms with van der Waals surface area (Å²) in [6.07, 6.45) is 0. The lowest BCUT2D eigenvalue weighted by Gasteiger charge is -2.08. The molecule has 1 amide bonds. The highest BCUT2D eigenvalue weighted by Gasteiger charge is 2.09. The second kappa shape index (κ2) is 5.48. The number of hydrogen-bond acceptors (Lipinski definition) is 2. The molecule has 21 heavy (non-hydrogen) atoms. The molecule has 3 rings (SSSR count). The Balaban J connectivity index is 1.92. The Morgan fingerprint density at radius 3 is 2.38 bits per heavy atom. The molecule has 3 heteroatoms. The Hall–Kier alpha value is -3.12. The fourth-order valence-electron chi connectivity index (χ4n) is 2.25. The number of fused-ring (bicyclic) bond motifs is 1. The quantitative estimate of drug-likeness (QED) is 0.767. The molecule has 0 radical (unpaired) electrons. The van der Waals surface area contributed by atoms with E-state index in [-0.39, 0.29) is 5.91 Å². The minimum atomic E-state index is -0.156. The highest BCUT2D eigenvalue weighted by atomic mass is 16.1. The van der Waals surface area contributed by atoms with Gasteiger partial charge in [0.05, 0.1) is 11.6 Å². The first-order valence-corrected chi connectivity index (χ1v) is 6.57. The van der Waals surface area contributed by atoms with Crippen LogP contribution in [0, 0.1) is 11.3 Å². The van der Waals surface area contributed by atoms with E-state index in [1.165, 1.54) is 0 Å². The first kappa shape index (κ1) is 12.9. The third-order valence-corrected chi connectivity index (χ3v) is 3.31. The van der Waals surface area contributed by atoms with E-state index in [4.69, 9.17) is 5.26 Å². The maximum absolute atomic E-state index is 12.4. The minimum Gasteiger partial charge on any atom is -0.322 e. The number of anilines is 1. The molecule has 3 nitrogen and oxygen atoms in total. The molecule has 3 aromatic carbocycles. The summed E-state index contributed by atoms with van der Waals surface area (Å²) in [5, 5.41) is 13.6. The third kappa shape index (κ3) is 2.60. The van der Waals surface area contributed by atoms with E-state index in [9.17, 15) is 4.79 Å². The van der Waals surface area contributed by atoms with Crippen molar-refractivity contribution in [1.82, 2.24) is 0 Å². The van der Waals surface area contributed by atoms with Gasteiger partial charge in [-0.2, -0.15) is 5.26 Å². The SMILES string of the molecule is N#Cc1ccc(NC(=O)c2cccc3ccccc23)cc1. The van der Waals surface area contributed by atoms with Crippen molar-refractivity contribution in [3.05, 3.63) is 77.9 Å². The topological polar surface area (TPSA) is 52.9 Å². The molecule has 0 spiro atoms. The van der Waals surface area contributed by atoms with Gasteiger partial charge in [0.2, 0.25) is 0 Å². The summed E-state index contributed by atoms with van der Waals surface area (Å²) >= 11 is 0. The first-order valence-electron chi connectivity index (χ1n) is 6.57. The van der Waals surface area contributed by atoms with Crippen molar-refractivity contribution in [3.8, 4) is 6.07 Å². The van der Waals surface area contributed by atoms with Gasteiger partial charge in [-0.3, -0.25) is 4.79 Å². The van der Waals surface area contributed by atoms with E-state index in [0.717, 1.165) is 10.8 Å². The van der Waals surface area contributed by atoms with Gasteiger partial charge >= 0.3 is 0 Å². The van der Waals surface area contributed by atoms with E-state index in [0.29, 0.717) is 16.8 Å². The Morgan fingerprint density at radius 2 is 1.62 bits per heavy atom. The van der Waals surface area contributed by atoms with Crippen molar-refractivity contribution in [3.63, 3.8) is 0 Å². The molecule has 0 saturated heterocycles. The molecule has 0 unspecified atom stereocenters. The third-order valence-electron chi connectivity index (χ3n) is 3.31. The van der Waals surface area contributed by atoms with Crippen LogP contribution in [-0.2, 0) is 0 Å². The van der Waals surface area contributed by atoms with E-state index >= 15 is 0 Å². The van der Waals surface area contributed by atoms with Crippen molar-refractivity contribution in [2.75, 3.05) is 5.32 Å². The van der Waals surface area contributed by atoms with E-state index in [1.807, 2.05) is 36.4 Å². The van der Waals surface area contributed by atoms with Crippen LogP contribution < -0.4 is 5.32 Å². The highest BCUT2D eigenvalue weighted by molar-refractivity contribution is 6.12. The number of nitrogens with zero attached hydrogens (tertiary/aromatic N) is 1. The number of carbonyl (C=O) groups is 1. The summed E-state index contributed by atoms with van der Waals surface area (Å²) in [6, 6.07) is 22.3. The molecule has 0 fully saturated rings. The van der Waals surface area contributed by atoms with Crippen LogP contribution >= 0.6 is 0 Å². The molecule has 1 N–H and O–H groups in total. The van der Waals surface area contributed by atoms with Crippen LogP contribution in [0.1, 0.15) is 15.9 Å². The van der Waals surface area contributed by atoms with Gasteiger partial charge in [-0.05, 0) is 41.1 Å². The van der Waals surface area contributed by atoms with Crippen molar-refractivity contribution >= 4 is 22.4 Å². The predicted molar refractivity (Wildman–Crippen MR) is 83.1 cm³/mol. The van der Waals surface area contributed by atoms with Gasteiger partial charge < -0.3 is 5.32 Å². The standard InChI is InChI=1S/C18H12N2O/c19-12-13-8-10-15(11-9-13)20-18(21)17-7-3-5-14-4-1-2-6-16(14)17/h1-11H,(H,20,21). The zero-order valence-electron chi connectivity index (χ0n) is 11.2. The van der Waals surface area contributed by atoms with E-state index < -0.39 is 0 Å². The van der Waals surface area contributed by atoms with Gasteiger partial charge in [0.1, 0.15) is 0 Å². The maximum Gasteiger partial charge on any atom is 0.256 e. The van der Waals surface area contributed by atoms with Crippen LogP contribution in [0.4, 0.5) is 5.69 Å². The second-order valence-corrected chi connectivity index (χ2v) is 4.67. The number of nitriles is 1. The molecule has 0 aliphatic heterocycles. The average Bonchev–Trinajstić information content (AvgIpc) is 2.55. The fraction of sp³-hybridized carbons (Fsp3) is 0. The van der Waals surface area contributed by atoms with Gasteiger partial charge in [0.25, 0.3) is 5.91 Å². The lowest BCUT2D eigenvalue weighted by molar-refractivity contribution is 0.102. The lowest BCUT2D eigenvalue weighted by Crippen LogP contribution is -2.12. The molecular formula is C18H12N2O. The first-order chi connectivity index (χ1) is 10.3. The number of hydrogen-bond donors (Lipinski definition) is 1. The zero-order valence-corrected chi connectivity index (χ0v) is 11.2. The summed E-state index contributed by atoms with van der Waals surface area (Å²) in [7, 11) is 0. The molecule has 0 aromatic heterocycles. The van der Waals surface area contributed by atoms with E-state index in [2.05, 4.69) is 11.4 Å². The number of amides is 1. The number of carbonyl (C=O) groups excluding carboxylic acids is 1. The van der Waals surface area contributed by atoms with E-state index in [1.54, 1.807) is 30.3 Å². The van der Waals surface area contributed by atoms with Gasteiger partial charge in [0.15, 0.2) is 0 Å². The summed E-state index contributed by atoms with van der Waals surface area (Å²) < 4.78 is 0. The minimum absolute atomic E-state index is 0.156. The van der Waals surface area contributed by atoms with Gasteiger partial charge in [-0.25, -0.2) is 0 Å². The smallest absolute Gasteiger partial charge is 0.256 e. The lowest BCUT2D eigenvalue weighted by atomic mass is 10.0. The van der Waals surface area contributed by atoms with Crippen molar-refractivity contribution in [1.29, 1.82) is 5.26 Å². The molecule has 0 aliphatic carbocycles. The predicted octanol–water partition coefficient (Wildman–Crippen LogP) is 3.96. The summed E-state index contributed by atoms with van der Waals surface area (Å²) in [4.78, 5) is 12.4. The summed E-state index contributed by atoms with van der Waals surface area (Å²) in [6.45, 7) is 0. The molecule has 3 aromatic rings. The molecule has 0 aliphatic rings. The molecule has 0 atom stereocenters. The largest absolute Gasteiger partial charge is 0.322 e. The van der Waals surface area contributed by atoms with Crippen LogP contribution in [0.3, 0.4) is 0 Å². The van der Waals surface area contributed by atoms with Crippen molar-refractivity contribution in [2.45, 2.75) is 0 Å². The maximum atomic E-state index is 12.4. The van der Waals surface area contributed by atoms with Crippen LogP contribution in [0.15, 0.2) is 66.7 Å². The number of rotatable bonds is 2. The van der Waals surface area contributed by atoms with Gasteiger partial charge in [0, 0.05) is 11.3 Å². The number of nitrogens with one attached hydrogen (secondary N) is 1. The summed E-state index contributed by atoms with van der Waals surface area (Å²) in [5.74, 6) is -0.156. The Labute approximate surface area is 122 Å². The van der Waals surface area contributed by atoms with Crippen LogP contribution in [0.5, 0.6) is 0 Å².